The molecule has 9 nitrogen and oxygen atoms in total. The van der Waals surface area contributed by atoms with Crippen LogP contribution in [-0.2, 0) is 4.79 Å². The Morgan fingerprint density at radius 2 is 1.88 bits per heavy atom. The van der Waals surface area contributed by atoms with Gasteiger partial charge in [-0.05, 0) is 36.4 Å². The quantitative estimate of drug-likeness (QED) is 0.348. The molecule has 0 aliphatic heterocycles. The SMILES string of the molecule is COc1ccc(-c2nnc(SCC(=O)Nc3ccc(OC(F)F)c(Cl)c3)n2N)cc1OC. The number of hydrogen-bond donors (Lipinski definition) is 2. The average Bonchev–Trinajstić information content (AvgIpc) is 3.13. The number of benzene rings is 2. The van der Waals surface area contributed by atoms with E-state index in [1.54, 1.807) is 18.2 Å². The molecule has 0 unspecified atom stereocenters. The van der Waals surface area contributed by atoms with Gasteiger partial charge in [-0.2, -0.15) is 8.78 Å². The zero-order valence-electron chi connectivity index (χ0n) is 16.8. The zero-order chi connectivity index (χ0) is 23.3. The first-order valence-corrected chi connectivity index (χ1v) is 10.3. The Kier molecular flexibility index (Phi) is 7.59. The molecule has 1 aromatic heterocycles. The number of anilines is 1. The van der Waals surface area contributed by atoms with Gasteiger partial charge in [-0.25, -0.2) is 4.68 Å². The van der Waals surface area contributed by atoms with Crippen molar-refractivity contribution in [3.8, 4) is 28.6 Å². The normalized spacial score (nSPS) is 10.8. The van der Waals surface area contributed by atoms with Crippen molar-refractivity contribution in [2.24, 2.45) is 0 Å². The van der Waals surface area contributed by atoms with Crippen LogP contribution in [0.5, 0.6) is 17.2 Å². The fraction of sp³-hybridized carbons (Fsp3) is 0.211. The van der Waals surface area contributed by atoms with Gasteiger partial charge in [0.1, 0.15) is 5.75 Å². The molecule has 1 heterocycles. The van der Waals surface area contributed by atoms with Crippen molar-refractivity contribution in [2.75, 3.05) is 31.1 Å². The molecule has 0 radical (unpaired) electrons. The van der Waals surface area contributed by atoms with Crippen molar-refractivity contribution in [3.05, 3.63) is 41.4 Å². The molecule has 13 heteroatoms. The summed E-state index contributed by atoms with van der Waals surface area (Å²) in [5.41, 5.74) is 0.970. The number of ether oxygens (including phenoxy) is 3. The summed E-state index contributed by atoms with van der Waals surface area (Å²) in [5.74, 6) is 6.91. The van der Waals surface area contributed by atoms with Gasteiger partial charge in [0.05, 0.1) is 25.0 Å². The van der Waals surface area contributed by atoms with E-state index in [1.165, 1.54) is 37.1 Å². The number of nitrogens with zero attached hydrogens (tertiary/aromatic N) is 3. The highest BCUT2D eigenvalue weighted by Gasteiger charge is 2.16. The van der Waals surface area contributed by atoms with Crippen LogP contribution in [0.3, 0.4) is 0 Å². The van der Waals surface area contributed by atoms with Gasteiger partial charge in [0.15, 0.2) is 17.3 Å². The number of carbonyl (C=O) groups excluding carboxylic acids is 1. The second kappa shape index (κ2) is 10.4. The van der Waals surface area contributed by atoms with Gasteiger partial charge in [-0.1, -0.05) is 23.4 Å². The molecule has 0 bridgehead atoms. The number of thioether (sulfide) groups is 1. The summed E-state index contributed by atoms with van der Waals surface area (Å²) >= 11 is 6.95. The lowest BCUT2D eigenvalue weighted by atomic mass is 10.2. The first-order chi connectivity index (χ1) is 15.3. The summed E-state index contributed by atoms with van der Waals surface area (Å²) < 4.78 is 40.6. The van der Waals surface area contributed by atoms with Crippen molar-refractivity contribution in [1.29, 1.82) is 0 Å². The lowest BCUT2D eigenvalue weighted by molar-refractivity contribution is -0.113. The summed E-state index contributed by atoms with van der Waals surface area (Å²) in [4.78, 5) is 12.2. The number of rotatable bonds is 9. The molecule has 170 valence electrons. The predicted molar refractivity (Wildman–Crippen MR) is 116 cm³/mol. The maximum atomic E-state index is 12.3. The molecule has 0 fully saturated rings. The van der Waals surface area contributed by atoms with Gasteiger partial charge in [-0.3, -0.25) is 4.79 Å². The van der Waals surface area contributed by atoms with E-state index in [1.807, 2.05) is 0 Å². The summed E-state index contributed by atoms with van der Waals surface area (Å²) in [6.07, 6.45) is 0. The molecule has 0 saturated heterocycles. The van der Waals surface area contributed by atoms with E-state index < -0.39 is 6.61 Å². The molecule has 3 N–H and O–H groups in total. The second-order valence-corrected chi connectivity index (χ2v) is 7.46. The van der Waals surface area contributed by atoms with E-state index >= 15 is 0 Å². The fourth-order valence-electron chi connectivity index (χ4n) is 2.64. The van der Waals surface area contributed by atoms with Crippen molar-refractivity contribution in [1.82, 2.24) is 14.9 Å². The number of hydrogen-bond acceptors (Lipinski definition) is 8. The van der Waals surface area contributed by atoms with E-state index in [4.69, 9.17) is 26.9 Å². The molecule has 1 amide bonds. The Balaban J connectivity index is 1.64. The topological polar surface area (TPSA) is 114 Å². The lowest BCUT2D eigenvalue weighted by Crippen LogP contribution is -2.16. The third-order valence-corrected chi connectivity index (χ3v) is 5.31. The predicted octanol–water partition coefficient (Wildman–Crippen LogP) is 3.66. The van der Waals surface area contributed by atoms with Gasteiger partial charge >= 0.3 is 6.61 Å². The van der Waals surface area contributed by atoms with E-state index in [0.29, 0.717) is 33.7 Å². The van der Waals surface area contributed by atoms with E-state index in [2.05, 4.69) is 20.3 Å². The number of carbonyl (C=O) groups is 1. The van der Waals surface area contributed by atoms with Crippen LogP contribution < -0.4 is 25.4 Å². The van der Waals surface area contributed by atoms with E-state index in [0.717, 1.165) is 11.8 Å². The molecule has 32 heavy (non-hydrogen) atoms. The van der Waals surface area contributed by atoms with Crippen LogP contribution in [0.15, 0.2) is 41.6 Å². The molecule has 2 aromatic carbocycles. The molecular formula is C19H18ClF2N5O4S. The number of nitrogen functional groups attached to an aromatic ring is 1. The third-order valence-electron chi connectivity index (χ3n) is 4.07. The highest BCUT2D eigenvalue weighted by Crippen LogP contribution is 2.32. The van der Waals surface area contributed by atoms with Gasteiger partial charge in [0, 0.05) is 11.3 Å². The molecule has 0 spiro atoms. The van der Waals surface area contributed by atoms with Crippen LogP contribution in [0.4, 0.5) is 14.5 Å². The molecule has 3 rings (SSSR count). The average molecular weight is 486 g/mol. The van der Waals surface area contributed by atoms with E-state index in [-0.39, 0.29) is 22.4 Å². The number of alkyl halides is 2. The number of methoxy groups -OCH3 is 2. The van der Waals surface area contributed by atoms with Gasteiger partial charge in [-0.15, -0.1) is 10.2 Å². The standard InChI is InChI=1S/C19H18ClF2N5O4S/c1-29-14-5-3-10(7-15(14)30-2)17-25-26-19(27(17)23)32-9-16(28)24-11-4-6-13(12(20)8-11)31-18(21)22/h3-8,18H,9,23H2,1-2H3,(H,24,28). The smallest absolute Gasteiger partial charge is 0.387 e. The number of halogens is 3. The summed E-state index contributed by atoms with van der Waals surface area (Å²) in [6.45, 7) is -3.00. The minimum atomic E-state index is -3.00. The minimum absolute atomic E-state index is 0.0336. The monoisotopic (exact) mass is 485 g/mol. The zero-order valence-corrected chi connectivity index (χ0v) is 18.4. The third kappa shape index (κ3) is 5.51. The second-order valence-electron chi connectivity index (χ2n) is 6.11. The van der Waals surface area contributed by atoms with Crippen molar-refractivity contribution < 1.29 is 27.8 Å². The van der Waals surface area contributed by atoms with Crippen molar-refractivity contribution in [2.45, 2.75) is 11.8 Å². The maximum absolute atomic E-state index is 12.3. The minimum Gasteiger partial charge on any atom is -0.493 e. The van der Waals surface area contributed by atoms with Crippen LogP contribution in [0.2, 0.25) is 5.02 Å². The van der Waals surface area contributed by atoms with Crippen LogP contribution >= 0.6 is 23.4 Å². The van der Waals surface area contributed by atoms with Crippen LogP contribution in [0, 0.1) is 0 Å². The van der Waals surface area contributed by atoms with Crippen LogP contribution in [0.25, 0.3) is 11.4 Å². The molecule has 0 aliphatic rings. The Morgan fingerprint density at radius 1 is 1.16 bits per heavy atom. The first-order valence-electron chi connectivity index (χ1n) is 8.92. The van der Waals surface area contributed by atoms with Crippen molar-refractivity contribution in [3.63, 3.8) is 0 Å². The first kappa shape index (κ1) is 23.4. The molecule has 0 saturated carbocycles. The fourth-order valence-corrected chi connectivity index (χ4v) is 3.53. The number of nitrogens with one attached hydrogen (secondary N) is 1. The molecular weight excluding hydrogens is 468 g/mol. The van der Waals surface area contributed by atoms with Gasteiger partial charge in [0.25, 0.3) is 0 Å². The number of nitrogens with two attached hydrogens (primary N) is 1. The van der Waals surface area contributed by atoms with Crippen LogP contribution in [0.1, 0.15) is 0 Å². The highest BCUT2D eigenvalue weighted by atomic mass is 35.5. The molecule has 0 aliphatic carbocycles. The van der Waals surface area contributed by atoms with Gasteiger partial charge < -0.3 is 25.4 Å². The largest absolute Gasteiger partial charge is 0.493 e. The molecule has 3 aromatic rings. The van der Waals surface area contributed by atoms with Crippen LogP contribution in [-0.4, -0.2) is 47.4 Å². The maximum Gasteiger partial charge on any atom is 0.387 e. The lowest BCUT2D eigenvalue weighted by Gasteiger charge is -2.10. The number of amides is 1. The summed E-state index contributed by atoms with van der Waals surface area (Å²) in [7, 11) is 3.05. The summed E-state index contributed by atoms with van der Waals surface area (Å²) in [6, 6.07) is 9.11. The molecule has 0 atom stereocenters. The Morgan fingerprint density at radius 3 is 2.53 bits per heavy atom. The number of aromatic nitrogens is 3. The Labute approximate surface area is 190 Å². The Bertz CT molecular complexity index is 1120. The van der Waals surface area contributed by atoms with Gasteiger partial charge in [0.2, 0.25) is 11.1 Å². The van der Waals surface area contributed by atoms with E-state index in [9.17, 15) is 13.6 Å². The Hall–Kier alpha value is -3.25. The highest BCUT2D eigenvalue weighted by molar-refractivity contribution is 7.99. The van der Waals surface area contributed by atoms with Crippen molar-refractivity contribution >= 4 is 35.0 Å². The summed E-state index contributed by atoms with van der Waals surface area (Å²) in [5, 5.41) is 10.9.